The van der Waals surface area contributed by atoms with Gasteiger partial charge in [-0.2, -0.15) is 4.98 Å². The van der Waals surface area contributed by atoms with Crippen molar-refractivity contribution in [3.8, 4) is 11.1 Å². The number of hydrogen-bond acceptors (Lipinski definition) is 7. The quantitative estimate of drug-likeness (QED) is 0.347. The highest BCUT2D eigenvalue weighted by atomic mass is 19.1. The van der Waals surface area contributed by atoms with Crippen LogP contribution in [0.5, 0.6) is 0 Å². The molecule has 0 aliphatic carbocycles. The number of aromatic amines is 1. The number of nitrogens with one attached hydrogen (secondary N) is 2. The molecule has 0 radical (unpaired) electrons. The zero-order chi connectivity index (χ0) is 27.7. The minimum absolute atomic E-state index is 0.0457. The summed E-state index contributed by atoms with van der Waals surface area (Å²) in [5.41, 5.74) is 2.48. The third kappa shape index (κ3) is 5.29. The molecule has 2 N–H and O–H groups in total. The van der Waals surface area contributed by atoms with Gasteiger partial charge in [0.05, 0.1) is 11.6 Å². The van der Waals surface area contributed by atoms with Crippen LogP contribution in [0.15, 0.2) is 47.1 Å². The molecule has 10 nitrogen and oxygen atoms in total. The predicted molar refractivity (Wildman–Crippen MR) is 142 cm³/mol. The number of imidazole rings is 1. The van der Waals surface area contributed by atoms with E-state index in [1.165, 1.54) is 6.07 Å². The molecule has 0 bridgehead atoms. The van der Waals surface area contributed by atoms with Gasteiger partial charge >= 0.3 is 11.8 Å². The van der Waals surface area contributed by atoms with Gasteiger partial charge in [-0.05, 0) is 43.5 Å². The van der Waals surface area contributed by atoms with Crippen molar-refractivity contribution < 1.29 is 18.5 Å². The molecule has 0 spiro atoms. The van der Waals surface area contributed by atoms with Gasteiger partial charge in [0.25, 0.3) is 0 Å². The molecule has 5 rings (SSSR count). The van der Waals surface area contributed by atoms with Crippen LogP contribution in [0.3, 0.4) is 0 Å². The average Bonchev–Trinajstić information content (AvgIpc) is 3.66. The lowest BCUT2D eigenvalue weighted by Crippen LogP contribution is -2.29. The van der Waals surface area contributed by atoms with Gasteiger partial charge < -0.3 is 19.7 Å². The number of aromatic nitrogens is 5. The Hall–Kier alpha value is -4.41. The SMILES string of the molecule is C/C=C/C(=O)N1CCCC1c1nc2nccc(-c3ccc(CNC(=O)c4nc(C(C)(C)C)no4)c(F)c3)c2[nH]1. The molecule has 0 saturated carbocycles. The van der Waals surface area contributed by atoms with E-state index in [0.717, 1.165) is 18.4 Å². The standard InChI is InChI=1S/C28H30FN7O3/c1-5-7-21(37)36-13-6-8-20(36)23-32-22-18(11-12-30-24(22)33-23)16-9-10-17(19(29)14-16)15-31-25(38)26-34-27(35-39-26)28(2,3)4/h5,7,9-12,14,20H,6,8,13,15H2,1-4H3,(H,31,38)(H,30,32,33)/b7-5+. The maximum absolute atomic E-state index is 15.1. The van der Waals surface area contributed by atoms with E-state index >= 15 is 4.39 Å². The number of H-pyrrole nitrogens is 1. The Labute approximate surface area is 224 Å². The molecular weight excluding hydrogens is 501 g/mol. The first-order valence-corrected chi connectivity index (χ1v) is 12.8. The van der Waals surface area contributed by atoms with Crippen molar-refractivity contribution in [1.29, 1.82) is 0 Å². The Morgan fingerprint density at radius 1 is 1.26 bits per heavy atom. The summed E-state index contributed by atoms with van der Waals surface area (Å²) < 4.78 is 20.2. The van der Waals surface area contributed by atoms with Crippen molar-refractivity contribution in [1.82, 2.24) is 35.3 Å². The minimum Gasteiger partial charge on any atom is -0.344 e. The molecule has 4 aromatic rings. The number of carbonyl (C=O) groups is 2. The second kappa shape index (κ2) is 10.4. The summed E-state index contributed by atoms with van der Waals surface area (Å²) in [5.74, 6) is -0.186. The number of likely N-dealkylation sites (tertiary alicyclic amines) is 1. The highest BCUT2D eigenvalue weighted by molar-refractivity contribution is 5.91. The molecule has 1 saturated heterocycles. The summed E-state index contributed by atoms with van der Waals surface area (Å²) in [7, 11) is 0. The van der Waals surface area contributed by atoms with Crippen LogP contribution in [0.25, 0.3) is 22.3 Å². The Kier molecular flexibility index (Phi) is 6.98. The molecule has 1 aliphatic rings. The third-order valence-electron chi connectivity index (χ3n) is 6.67. The molecule has 39 heavy (non-hydrogen) atoms. The number of amides is 2. The highest BCUT2D eigenvalue weighted by Crippen LogP contribution is 2.34. The second-order valence-electron chi connectivity index (χ2n) is 10.5. The lowest BCUT2D eigenvalue weighted by Gasteiger charge is -2.21. The van der Waals surface area contributed by atoms with Crippen LogP contribution >= 0.6 is 0 Å². The lowest BCUT2D eigenvalue weighted by molar-refractivity contribution is -0.127. The fraction of sp³-hybridized carbons (Fsp3) is 0.357. The first-order valence-electron chi connectivity index (χ1n) is 12.8. The molecule has 1 fully saturated rings. The monoisotopic (exact) mass is 531 g/mol. The van der Waals surface area contributed by atoms with Crippen molar-refractivity contribution in [2.24, 2.45) is 0 Å². The van der Waals surface area contributed by atoms with Gasteiger partial charge in [0.1, 0.15) is 11.6 Å². The first kappa shape index (κ1) is 26.2. The number of benzene rings is 1. The van der Waals surface area contributed by atoms with Gasteiger partial charge in [0, 0.05) is 35.8 Å². The molecule has 1 atom stereocenters. The predicted octanol–water partition coefficient (Wildman–Crippen LogP) is 4.61. The Morgan fingerprint density at radius 2 is 2.08 bits per heavy atom. The summed E-state index contributed by atoms with van der Waals surface area (Å²) in [6, 6.07) is 6.44. The van der Waals surface area contributed by atoms with Crippen molar-refractivity contribution >= 4 is 23.0 Å². The van der Waals surface area contributed by atoms with Crippen LogP contribution in [0.1, 0.15) is 74.5 Å². The van der Waals surface area contributed by atoms with Gasteiger partial charge in [-0.1, -0.05) is 44.1 Å². The topological polar surface area (TPSA) is 130 Å². The number of rotatable bonds is 6. The largest absolute Gasteiger partial charge is 0.344 e. The highest BCUT2D eigenvalue weighted by Gasteiger charge is 2.31. The fourth-order valence-electron chi connectivity index (χ4n) is 4.61. The number of nitrogens with zero attached hydrogens (tertiary/aromatic N) is 5. The van der Waals surface area contributed by atoms with Crippen molar-refractivity contribution in [3.05, 3.63) is 71.5 Å². The minimum atomic E-state index is -0.573. The Bertz CT molecular complexity index is 1570. The number of halogens is 1. The van der Waals surface area contributed by atoms with Crippen LogP contribution in [-0.4, -0.2) is 48.4 Å². The number of hydrogen-bond donors (Lipinski definition) is 2. The van der Waals surface area contributed by atoms with E-state index < -0.39 is 11.7 Å². The maximum Gasteiger partial charge on any atom is 0.315 e. The zero-order valence-electron chi connectivity index (χ0n) is 22.3. The van der Waals surface area contributed by atoms with E-state index in [0.29, 0.717) is 40.5 Å². The Balaban J connectivity index is 1.35. The molecule has 1 aromatic carbocycles. The van der Waals surface area contributed by atoms with Crippen molar-refractivity contribution in [2.45, 2.75) is 58.5 Å². The number of carbonyl (C=O) groups excluding carboxylic acids is 2. The fourth-order valence-corrected chi connectivity index (χ4v) is 4.61. The summed E-state index contributed by atoms with van der Waals surface area (Å²) in [4.78, 5) is 43.3. The molecular formula is C28H30FN7O3. The molecule has 1 unspecified atom stereocenters. The smallest absolute Gasteiger partial charge is 0.315 e. The molecule has 202 valence electrons. The second-order valence-corrected chi connectivity index (χ2v) is 10.5. The van der Waals surface area contributed by atoms with E-state index in [4.69, 9.17) is 4.52 Å². The first-order chi connectivity index (χ1) is 18.7. The van der Waals surface area contributed by atoms with Gasteiger partial charge in [-0.15, -0.1) is 0 Å². The number of allylic oxidation sites excluding steroid dienone is 1. The number of pyridine rings is 1. The van der Waals surface area contributed by atoms with Gasteiger partial charge in [0.15, 0.2) is 11.5 Å². The lowest BCUT2D eigenvalue weighted by atomic mass is 9.96. The van der Waals surface area contributed by atoms with Gasteiger partial charge in [-0.3, -0.25) is 9.59 Å². The van der Waals surface area contributed by atoms with E-state index in [1.807, 2.05) is 27.7 Å². The maximum atomic E-state index is 15.1. The average molecular weight is 532 g/mol. The van der Waals surface area contributed by atoms with Crippen LogP contribution in [0.4, 0.5) is 4.39 Å². The summed E-state index contributed by atoms with van der Waals surface area (Å²) in [5, 5.41) is 6.47. The van der Waals surface area contributed by atoms with Crippen LogP contribution in [-0.2, 0) is 16.8 Å². The normalized spacial score (nSPS) is 15.9. The van der Waals surface area contributed by atoms with Crippen molar-refractivity contribution in [2.75, 3.05) is 6.54 Å². The van der Waals surface area contributed by atoms with Gasteiger partial charge in [-0.25, -0.2) is 14.4 Å². The molecule has 3 aromatic heterocycles. The zero-order valence-corrected chi connectivity index (χ0v) is 22.3. The van der Waals surface area contributed by atoms with Crippen LogP contribution in [0.2, 0.25) is 0 Å². The van der Waals surface area contributed by atoms with E-state index in [2.05, 4.69) is 30.4 Å². The molecule has 11 heteroatoms. The van der Waals surface area contributed by atoms with Crippen LogP contribution < -0.4 is 5.32 Å². The number of fused-ring (bicyclic) bond motifs is 1. The van der Waals surface area contributed by atoms with Crippen molar-refractivity contribution in [3.63, 3.8) is 0 Å². The van der Waals surface area contributed by atoms with Crippen LogP contribution in [0, 0.1) is 5.82 Å². The van der Waals surface area contributed by atoms with E-state index in [1.54, 1.807) is 41.4 Å². The molecule has 1 aliphatic heterocycles. The molecule has 2 amide bonds. The van der Waals surface area contributed by atoms with E-state index in [-0.39, 0.29) is 29.8 Å². The summed E-state index contributed by atoms with van der Waals surface area (Å²) in [6.07, 6.45) is 6.60. The van der Waals surface area contributed by atoms with Gasteiger partial charge in [0.2, 0.25) is 5.91 Å². The summed E-state index contributed by atoms with van der Waals surface area (Å²) in [6.45, 7) is 8.16. The molecule has 4 heterocycles. The van der Waals surface area contributed by atoms with E-state index in [9.17, 15) is 9.59 Å². The third-order valence-corrected chi connectivity index (χ3v) is 6.67. The Morgan fingerprint density at radius 3 is 2.79 bits per heavy atom. The summed E-state index contributed by atoms with van der Waals surface area (Å²) >= 11 is 0.